The Balaban J connectivity index is 2.84. The Morgan fingerprint density at radius 2 is 2.00 bits per heavy atom. The zero-order chi connectivity index (χ0) is 12.3. The summed E-state index contributed by atoms with van der Waals surface area (Å²) >= 11 is 0. The van der Waals surface area contributed by atoms with Crippen LogP contribution in [0, 0.1) is 11.6 Å². The van der Waals surface area contributed by atoms with E-state index in [0.717, 1.165) is 6.07 Å². The van der Waals surface area contributed by atoms with Crippen molar-refractivity contribution in [3.05, 3.63) is 23.8 Å². The molecule has 0 saturated carbocycles. The first-order valence-electron chi connectivity index (χ1n) is 5.10. The van der Waals surface area contributed by atoms with Gasteiger partial charge in [0.25, 0.3) is 0 Å². The van der Waals surface area contributed by atoms with Crippen LogP contribution >= 0.6 is 0 Å². The lowest BCUT2D eigenvalue weighted by Crippen LogP contribution is -2.22. The van der Waals surface area contributed by atoms with Gasteiger partial charge in [-0.2, -0.15) is 0 Å². The second kappa shape index (κ2) is 5.12. The highest BCUT2D eigenvalue weighted by atomic mass is 19.2. The molecular formula is C11H16F2N2O. The second-order valence-corrected chi connectivity index (χ2v) is 3.96. The van der Waals surface area contributed by atoms with Crippen LogP contribution in [0.3, 0.4) is 0 Å². The van der Waals surface area contributed by atoms with Crippen LogP contribution in [0.2, 0.25) is 0 Å². The van der Waals surface area contributed by atoms with Gasteiger partial charge in [0.1, 0.15) is 0 Å². The molecule has 2 unspecified atom stereocenters. The van der Waals surface area contributed by atoms with Gasteiger partial charge in [-0.1, -0.05) is 0 Å². The van der Waals surface area contributed by atoms with E-state index in [4.69, 9.17) is 10.8 Å². The van der Waals surface area contributed by atoms with Gasteiger partial charge >= 0.3 is 0 Å². The molecule has 16 heavy (non-hydrogen) atoms. The zero-order valence-corrected chi connectivity index (χ0v) is 9.30. The summed E-state index contributed by atoms with van der Waals surface area (Å²) in [5.74, 6) is -1.93. The summed E-state index contributed by atoms with van der Waals surface area (Å²) in [6, 6.07) is 2.09. The van der Waals surface area contributed by atoms with E-state index in [1.54, 1.807) is 13.8 Å². The molecule has 1 aromatic rings. The molecule has 0 amide bonds. The molecule has 4 N–H and O–H groups in total. The van der Waals surface area contributed by atoms with E-state index in [2.05, 4.69) is 5.32 Å². The molecule has 90 valence electrons. The fourth-order valence-electron chi connectivity index (χ4n) is 1.53. The van der Waals surface area contributed by atoms with E-state index in [-0.39, 0.29) is 17.4 Å². The molecule has 5 heteroatoms. The van der Waals surface area contributed by atoms with Gasteiger partial charge in [0.15, 0.2) is 11.6 Å². The predicted octanol–water partition coefficient (Wildman–Crippen LogP) is 2.12. The summed E-state index contributed by atoms with van der Waals surface area (Å²) in [5.41, 5.74) is 5.64. The number of hydrogen-bond donors (Lipinski definition) is 3. The molecule has 2 atom stereocenters. The predicted molar refractivity (Wildman–Crippen MR) is 60.2 cm³/mol. The first-order valence-corrected chi connectivity index (χ1v) is 5.10. The smallest absolute Gasteiger partial charge is 0.183 e. The van der Waals surface area contributed by atoms with Crippen molar-refractivity contribution in [1.82, 2.24) is 0 Å². The molecule has 0 saturated heterocycles. The molecule has 0 fully saturated rings. The van der Waals surface area contributed by atoms with Crippen molar-refractivity contribution in [2.45, 2.75) is 32.4 Å². The Kier molecular flexibility index (Phi) is 4.06. The number of rotatable bonds is 4. The number of halogens is 2. The summed E-state index contributed by atoms with van der Waals surface area (Å²) in [6.45, 7) is 3.39. The van der Waals surface area contributed by atoms with Crippen molar-refractivity contribution >= 4 is 11.4 Å². The quantitative estimate of drug-likeness (QED) is 0.694. The SMILES string of the molecule is CC(O)CC(C)Nc1c(N)ccc(F)c1F. The van der Waals surface area contributed by atoms with Crippen LogP contribution in [0.25, 0.3) is 0 Å². The van der Waals surface area contributed by atoms with Gasteiger partial charge in [-0.05, 0) is 32.4 Å². The minimum Gasteiger partial charge on any atom is -0.397 e. The highest BCUT2D eigenvalue weighted by Crippen LogP contribution is 2.25. The molecule has 0 heterocycles. The van der Waals surface area contributed by atoms with Gasteiger partial charge in [-0.15, -0.1) is 0 Å². The molecule has 0 radical (unpaired) electrons. The average molecular weight is 230 g/mol. The number of nitrogens with one attached hydrogen (secondary N) is 1. The topological polar surface area (TPSA) is 58.3 Å². The maximum atomic E-state index is 13.4. The third-order valence-electron chi connectivity index (χ3n) is 2.21. The lowest BCUT2D eigenvalue weighted by Gasteiger charge is -2.18. The minimum absolute atomic E-state index is 0.0480. The Hall–Kier alpha value is -1.36. The largest absolute Gasteiger partial charge is 0.397 e. The number of nitrogen functional groups attached to an aromatic ring is 1. The Labute approximate surface area is 93.3 Å². The van der Waals surface area contributed by atoms with E-state index in [0.29, 0.717) is 6.42 Å². The van der Waals surface area contributed by atoms with Crippen LogP contribution in [0.4, 0.5) is 20.2 Å². The third-order valence-corrected chi connectivity index (χ3v) is 2.21. The van der Waals surface area contributed by atoms with Gasteiger partial charge < -0.3 is 16.2 Å². The molecule has 0 aliphatic heterocycles. The van der Waals surface area contributed by atoms with Crippen molar-refractivity contribution < 1.29 is 13.9 Å². The summed E-state index contributed by atoms with van der Waals surface area (Å²) in [7, 11) is 0. The number of benzene rings is 1. The molecule has 0 aromatic heterocycles. The van der Waals surface area contributed by atoms with Gasteiger partial charge in [-0.25, -0.2) is 8.78 Å². The highest BCUT2D eigenvalue weighted by molar-refractivity contribution is 5.67. The maximum Gasteiger partial charge on any atom is 0.183 e. The van der Waals surface area contributed by atoms with E-state index >= 15 is 0 Å². The average Bonchev–Trinajstić information content (AvgIpc) is 2.17. The first-order chi connectivity index (χ1) is 7.41. The molecule has 0 aliphatic rings. The number of anilines is 2. The van der Waals surface area contributed by atoms with E-state index < -0.39 is 17.7 Å². The van der Waals surface area contributed by atoms with Crippen molar-refractivity contribution in [3.63, 3.8) is 0 Å². The van der Waals surface area contributed by atoms with Crippen LogP contribution < -0.4 is 11.1 Å². The van der Waals surface area contributed by atoms with E-state index in [1.165, 1.54) is 6.07 Å². The van der Waals surface area contributed by atoms with Crippen LogP contribution in [0.5, 0.6) is 0 Å². The lowest BCUT2D eigenvalue weighted by molar-refractivity contribution is 0.179. The molecule has 0 bridgehead atoms. The van der Waals surface area contributed by atoms with Gasteiger partial charge in [0.2, 0.25) is 0 Å². The summed E-state index contributed by atoms with van der Waals surface area (Å²) in [5, 5.41) is 11.9. The van der Waals surface area contributed by atoms with Crippen LogP contribution in [-0.4, -0.2) is 17.3 Å². The minimum atomic E-state index is -0.988. The second-order valence-electron chi connectivity index (χ2n) is 3.96. The van der Waals surface area contributed by atoms with Crippen molar-refractivity contribution in [2.75, 3.05) is 11.1 Å². The van der Waals surface area contributed by atoms with Gasteiger partial charge in [-0.3, -0.25) is 0 Å². The highest BCUT2D eigenvalue weighted by Gasteiger charge is 2.14. The fourth-order valence-corrected chi connectivity index (χ4v) is 1.53. The molecular weight excluding hydrogens is 214 g/mol. The fraction of sp³-hybridized carbons (Fsp3) is 0.455. The van der Waals surface area contributed by atoms with E-state index in [1.807, 2.05) is 0 Å². The zero-order valence-electron chi connectivity index (χ0n) is 9.30. The first kappa shape index (κ1) is 12.7. The molecule has 3 nitrogen and oxygen atoms in total. The van der Waals surface area contributed by atoms with Crippen molar-refractivity contribution in [2.24, 2.45) is 0 Å². The van der Waals surface area contributed by atoms with Crippen LogP contribution in [0.15, 0.2) is 12.1 Å². The molecule has 0 spiro atoms. The Morgan fingerprint density at radius 1 is 1.38 bits per heavy atom. The number of nitrogens with two attached hydrogens (primary N) is 1. The Bertz CT molecular complexity index is 369. The Morgan fingerprint density at radius 3 is 2.56 bits per heavy atom. The lowest BCUT2D eigenvalue weighted by atomic mass is 10.1. The molecule has 0 aliphatic carbocycles. The third kappa shape index (κ3) is 3.06. The maximum absolute atomic E-state index is 13.4. The standard InChI is InChI=1S/C11H16F2N2O/c1-6(5-7(2)16)15-11-9(14)4-3-8(12)10(11)13/h3-4,6-7,15-16H,5,14H2,1-2H3. The normalized spacial score (nSPS) is 14.6. The summed E-state index contributed by atoms with van der Waals surface area (Å²) in [4.78, 5) is 0. The molecule has 1 aromatic carbocycles. The van der Waals surface area contributed by atoms with Crippen LogP contribution in [0.1, 0.15) is 20.3 Å². The number of hydrogen-bond acceptors (Lipinski definition) is 3. The van der Waals surface area contributed by atoms with Crippen molar-refractivity contribution in [3.8, 4) is 0 Å². The van der Waals surface area contributed by atoms with Crippen molar-refractivity contribution in [1.29, 1.82) is 0 Å². The van der Waals surface area contributed by atoms with Crippen LogP contribution in [-0.2, 0) is 0 Å². The molecule has 1 rings (SSSR count). The van der Waals surface area contributed by atoms with Gasteiger partial charge in [0, 0.05) is 6.04 Å². The summed E-state index contributed by atoms with van der Waals surface area (Å²) in [6.07, 6.45) is -0.0876. The number of aliphatic hydroxyl groups excluding tert-OH is 1. The monoisotopic (exact) mass is 230 g/mol. The van der Waals surface area contributed by atoms with Gasteiger partial charge in [0.05, 0.1) is 17.5 Å². The number of aliphatic hydroxyl groups is 1. The van der Waals surface area contributed by atoms with E-state index in [9.17, 15) is 8.78 Å². The summed E-state index contributed by atoms with van der Waals surface area (Å²) < 4.78 is 26.3.